The van der Waals surface area contributed by atoms with E-state index in [4.69, 9.17) is 0 Å². The Bertz CT molecular complexity index is 996. The van der Waals surface area contributed by atoms with Crippen LogP contribution in [-0.4, -0.2) is 24.0 Å². The van der Waals surface area contributed by atoms with Crippen molar-refractivity contribution in [2.45, 2.75) is 13.1 Å². The standard InChI is InChI=1S/C13H8F3N5/c1-7-6-10-18-11(13(14,15)16)20-9-5-3-2-4-8(9)17-12(20)21(10)19-7/h2-6H,1H3. The third-order valence-electron chi connectivity index (χ3n) is 3.23. The largest absolute Gasteiger partial charge is 0.450 e. The zero-order chi connectivity index (χ0) is 14.8. The van der Waals surface area contributed by atoms with Crippen molar-refractivity contribution in [3.8, 4) is 0 Å². The van der Waals surface area contributed by atoms with Crippen LogP contribution in [-0.2, 0) is 6.18 Å². The van der Waals surface area contributed by atoms with E-state index >= 15 is 0 Å². The smallest absolute Gasteiger partial charge is 0.256 e. The summed E-state index contributed by atoms with van der Waals surface area (Å²) in [5, 5.41) is 4.16. The zero-order valence-corrected chi connectivity index (χ0v) is 10.8. The second-order valence-electron chi connectivity index (χ2n) is 4.72. The molecule has 1 aromatic carbocycles. The first-order valence-electron chi connectivity index (χ1n) is 6.16. The van der Waals surface area contributed by atoms with Crippen LogP contribution in [0.3, 0.4) is 0 Å². The van der Waals surface area contributed by atoms with E-state index in [0.29, 0.717) is 16.7 Å². The number of aromatic nitrogens is 5. The fourth-order valence-corrected chi connectivity index (χ4v) is 2.43. The molecule has 0 fully saturated rings. The first-order chi connectivity index (χ1) is 9.95. The van der Waals surface area contributed by atoms with Crippen LogP contribution in [0.4, 0.5) is 13.2 Å². The highest BCUT2D eigenvalue weighted by atomic mass is 19.4. The van der Waals surface area contributed by atoms with E-state index in [0.717, 1.165) is 4.40 Å². The van der Waals surface area contributed by atoms with Crippen LogP contribution in [0.2, 0.25) is 0 Å². The molecule has 4 rings (SSSR count). The predicted molar refractivity (Wildman–Crippen MR) is 69.0 cm³/mol. The Morgan fingerprint density at radius 2 is 1.86 bits per heavy atom. The lowest BCUT2D eigenvalue weighted by molar-refractivity contribution is -0.145. The Balaban J connectivity index is 2.33. The van der Waals surface area contributed by atoms with E-state index in [1.54, 1.807) is 31.2 Å². The second kappa shape index (κ2) is 3.72. The van der Waals surface area contributed by atoms with Crippen LogP contribution in [0.5, 0.6) is 0 Å². The molecule has 0 aliphatic heterocycles. The van der Waals surface area contributed by atoms with Gasteiger partial charge in [-0.2, -0.15) is 22.8 Å². The Kier molecular flexibility index (Phi) is 2.15. The summed E-state index contributed by atoms with van der Waals surface area (Å²) in [5.74, 6) is -0.903. The fourth-order valence-electron chi connectivity index (χ4n) is 2.43. The van der Waals surface area contributed by atoms with Crippen molar-refractivity contribution in [3.05, 3.63) is 41.9 Å². The van der Waals surface area contributed by atoms with Crippen molar-refractivity contribution < 1.29 is 13.2 Å². The van der Waals surface area contributed by atoms with Crippen LogP contribution < -0.4 is 0 Å². The number of para-hydroxylation sites is 2. The van der Waals surface area contributed by atoms with Gasteiger partial charge < -0.3 is 0 Å². The van der Waals surface area contributed by atoms with E-state index in [-0.39, 0.29) is 11.4 Å². The summed E-state index contributed by atoms with van der Waals surface area (Å²) in [6.45, 7) is 1.70. The number of hydrogen-bond acceptors (Lipinski definition) is 3. The summed E-state index contributed by atoms with van der Waals surface area (Å²) in [5.41, 5.74) is 1.52. The van der Waals surface area contributed by atoms with Crippen LogP contribution in [0.25, 0.3) is 22.5 Å². The fraction of sp³-hybridized carbons (Fsp3) is 0.154. The van der Waals surface area contributed by atoms with E-state index < -0.39 is 12.0 Å². The van der Waals surface area contributed by atoms with Gasteiger partial charge in [-0.25, -0.2) is 9.97 Å². The second-order valence-corrected chi connectivity index (χ2v) is 4.72. The summed E-state index contributed by atoms with van der Waals surface area (Å²) >= 11 is 0. The summed E-state index contributed by atoms with van der Waals surface area (Å²) in [4.78, 5) is 7.97. The zero-order valence-electron chi connectivity index (χ0n) is 10.8. The molecule has 0 aliphatic rings. The molecule has 4 aromatic rings. The van der Waals surface area contributed by atoms with Gasteiger partial charge in [0.1, 0.15) is 0 Å². The maximum atomic E-state index is 13.3. The van der Waals surface area contributed by atoms with Crippen molar-refractivity contribution in [2.75, 3.05) is 0 Å². The van der Waals surface area contributed by atoms with Crippen molar-refractivity contribution >= 4 is 22.5 Å². The van der Waals surface area contributed by atoms with Gasteiger partial charge in [0.2, 0.25) is 11.6 Å². The number of alkyl halides is 3. The van der Waals surface area contributed by atoms with Crippen LogP contribution in [0.1, 0.15) is 11.5 Å². The molecule has 0 bridgehead atoms. The molecule has 0 spiro atoms. The number of rotatable bonds is 0. The van der Waals surface area contributed by atoms with Crippen LogP contribution in [0.15, 0.2) is 30.3 Å². The van der Waals surface area contributed by atoms with E-state index in [2.05, 4.69) is 15.1 Å². The van der Waals surface area contributed by atoms with Crippen LogP contribution in [0, 0.1) is 6.92 Å². The lowest BCUT2D eigenvalue weighted by Gasteiger charge is -2.09. The lowest BCUT2D eigenvalue weighted by Crippen LogP contribution is -2.16. The van der Waals surface area contributed by atoms with E-state index in [9.17, 15) is 13.2 Å². The molecule has 5 nitrogen and oxygen atoms in total. The molecule has 0 unspecified atom stereocenters. The van der Waals surface area contributed by atoms with Gasteiger partial charge in [0.25, 0.3) is 0 Å². The molecule has 0 saturated heterocycles. The van der Waals surface area contributed by atoms with Gasteiger partial charge in [0, 0.05) is 6.07 Å². The molecule has 0 atom stereocenters. The average Bonchev–Trinajstić information content (AvgIpc) is 2.95. The van der Waals surface area contributed by atoms with Gasteiger partial charge in [0.05, 0.1) is 16.7 Å². The van der Waals surface area contributed by atoms with Gasteiger partial charge in [-0.05, 0) is 19.1 Å². The number of fused-ring (bicyclic) bond motifs is 5. The maximum Gasteiger partial charge on any atom is 0.450 e. The summed E-state index contributed by atoms with van der Waals surface area (Å²) in [6, 6.07) is 8.11. The van der Waals surface area contributed by atoms with Crippen molar-refractivity contribution in [2.24, 2.45) is 0 Å². The Hall–Kier alpha value is -2.64. The van der Waals surface area contributed by atoms with Gasteiger partial charge in [-0.3, -0.25) is 4.40 Å². The first kappa shape index (κ1) is 12.1. The minimum absolute atomic E-state index is 0.0987. The molecule has 3 aromatic heterocycles. The molecule has 0 saturated carbocycles. The molecule has 0 radical (unpaired) electrons. The van der Waals surface area contributed by atoms with E-state index in [1.807, 2.05) is 0 Å². The van der Waals surface area contributed by atoms with Crippen LogP contribution >= 0.6 is 0 Å². The summed E-state index contributed by atoms with van der Waals surface area (Å²) in [7, 11) is 0. The third kappa shape index (κ3) is 1.61. The molecular weight excluding hydrogens is 283 g/mol. The highest BCUT2D eigenvalue weighted by Crippen LogP contribution is 2.31. The highest BCUT2D eigenvalue weighted by molar-refractivity contribution is 5.80. The molecule has 106 valence electrons. The molecule has 0 aliphatic carbocycles. The van der Waals surface area contributed by atoms with Gasteiger partial charge in [-0.1, -0.05) is 12.1 Å². The number of aryl methyl sites for hydroxylation is 1. The van der Waals surface area contributed by atoms with Gasteiger partial charge >= 0.3 is 6.18 Å². The predicted octanol–water partition coefficient (Wildman–Crippen LogP) is 2.86. The SMILES string of the molecule is Cc1cc2nc(C(F)(F)F)n3c4ccccc4nc3n2n1. The normalized spacial score (nSPS) is 12.8. The summed E-state index contributed by atoms with van der Waals surface area (Å²) in [6.07, 6.45) is -4.58. The minimum atomic E-state index is -4.58. The third-order valence-corrected chi connectivity index (χ3v) is 3.23. The molecule has 21 heavy (non-hydrogen) atoms. The molecule has 0 N–H and O–H groups in total. The number of imidazole rings is 1. The number of halogens is 3. The minimum Gasteiger partial charge on any atom is -0.256 e. The Morgan fingerprint density at radius 3 is 2.62 bits per heavy atom. The number of hydrogen-bond donors (Lipinski definition) is 0. The lowest BCUT2D eigenvalue weighted by atomic mass is 10.3. The molecule has 3 heterocycles. The van der Waals surface area contributed by atoms with Crippen molar-refractivity contribution in [1.82, 2.24) is 24.0 Å². The Labute approximate surface area is 115 Å². The number of benzene rings is 1. The Morgan fingerprint density at radius 1 is 1.10 bits per heavy atom. The molecule has 0 amide bonds. The topological polar surface area (TPSA) is 47.5 Å². The maximum absolute atomic E-state index is 13.3. The van der Waals surface area contributed by atoms with E-state index in [1.165, 1.54) is 10.6 Å². The first-order valence-corrected chi connectivity index (χ1v) is 6.16. The average molecular weight is 291 g/mol. The van der Waals surface area contributed by atoms with Gasteiger partial charge in [-0.15, -0.1) is 0 Å². The highest BCUT2D eigenvalue weighted by Gasteiger charge is 2.37. The monoisotopic (exact) mass is 291 g/mol. The summed E-state index contributed by atoms with van der Waals surface area (Å²) < 4.78 is 42.3. The van der Waals surface area contributed by atoms with Crippen molar-refractivity contribution in [1.29, 1.82) is 0 Å². The quantitative estimate of drug-likeness (QED) is 0.500. The van der Waals surface area contributed by atoms with Gasteiger partial charge in [0.15, 0.2) is 5.65 Å². The molecule has 8 heteroatoms. The van der Waals surface area contributed by atoms with Crippen molar-refractivity contribution in [3.63, 3.8) is 0 Å². The molecular formula is C13H8F3N5. The number of nitrogens with zero attached hydrogens (tertiary/aromatic N) is 5.